The van der Waals surface area contributed by atoms with E-state index >= 15 is 0 Å². The highest BCUT2D eigenvalue weighted by molar-refractivity contribution is 5.34. The van der Waals surface area contributed by atoms with E-state index in [1.807, 2.05) is 16.8 Å². The SMILES string of the molecule is CC1CN(Cc2ccccc2)CC1Nc1nccn(C2CC2)c1=O. The predicted octanol–water partition coefficient (Wildman–Crippen LogP) is 2.51. The lowest BCUT2D eigenvalue weighted by molar-refractivity contribution is 0.319. The van der Waals surface area contributed by atoms with Crippen LogP contribution in [0.3, 0.4) is 0 Å². The molecule has 0 spiro atoms. The van der Waals surface area contributed by atoms with Crippen molar-refractivity contribution in [3.05, 3.63) is 58.6 Å². The van der Waals surface area contributed by atoms with E-state index in [1.165, 1.54) is 5.56 Å². The second-order valence-corrected chi connectivity index (χ2v) is 7.13. The standard InChI is InChI=1S/C19H24N4O/c1-14-11-22(12-15-5-3-2-4-6-15)13-17(14)21-18-19(24)23(10-9-20-18)16-7-8-16/h2-6,9-10,14,16-17H,7-8,11-13H2,1H3,(H,20,21). The molecule has 1 N–H and O–H groups in total. The Kier molecular flexibility index (Phi) is 4.10. The maximum Gasteiger partial charge on any atom is 0.293 e. The lowest BCUT2D eigenvalue weighted by Crippen LogP contribution is -2.33. The minimum absolute atomic E-state index is 0.0220. The smallest absolute Gasteiger partial charge is 0.293 e. The van der Waals surface area contributed by atoms with Crippen molar-refractivity contribution < 1.29 is 0 Å². The van der Waals surface area contributed by atoms with Gasteiger partial charge in [-0.1, -0.05) is 37.3 Å². The van der Waals surface area contributed by atoms with Gasteiger partial charge in [0.25, 0.3) is 5.56 Å². The first-order chi connectivity index (χ1) is 11.7. The molecule has 5 heteroatoms. The summed E-state index contributed by atoms with van der Waals surface area (Å²) in [6.07, 6.45) is 5.76. The van der Waals surface area contributed by atoms with E-state index in [0.717, 1.165) is 32.5 Å². The number of hydrogen-bond donors (Lipinski definition) is 1. The zero-order valence-electron chi connectivity index (χ0n) is 14.1. The number of likely N-dealkylation sites (tertiary alicyclic amines) is 1. The monoisotopic (exact) mass is 324 g/mol. The highest BCUT2D eigenvalue weighted by Gasteiger charge is 2.31. The van der Waals surface area contributed by atoms with Crippen LogP contribution >= 0.6 is 0 Å². The average molecular weight is 324 g/mol. The third kappa shape index (κ3) is 3.22. The molecule has 1 aromatic heterocycles. The summed E-state index contributed by atoms with van der Waals surface area (Å²) in [5, 5.41) is 3.41. The number of rotatable bonds is 5. The van der Waals surface area contributed by atoms with Crippen LogP contribution in [-0.4, -0.2) is 33.6 Å². The van der Waals surface area contributed by atoms with Gasteiger partial charge in [-0.2, -0.15) is 0 Å². The fraction of sp³-hybridized carbons (Fsp3) is 0.474. The lowest BCUT2D eigenvalue weighted by Gasteiger charge is -2.18. The summed E-state index contributed by atoms with van der Waals surface area (Å²) in [6.45, 7) is 5.18. The van der Waals surface area contributed by atoms with Crippen LogP contribution < -0.4 is 10.9 Å². The van der Waals surface area contributed by atoms with E-state index in [2.05, 4.69) is 46.4 Å². The van der Waals surface area contributed by atoms with Gasteiger partial charge in [0.1, 0.15) is 0 Å². The molecule has 1 aromatic carbocycles. The Morgan fingerprint density at radius 3 is 2.75 bits per heavy atom. The molecule has 2 fully saturated rings. The van der Waals surface area contributed by atoms with Crippen LogP contribution in [0.5, 0.6) is 0 Å². The van der Waals surface area contributed by atoms with E-state index < -0.39 is 0 Å². The Morgan fingerprint density at radius 2 is 2.00 bits per heavy atom. The van der Waals surface area contributed by atoms with Gasteiger partial charge >= 0.3 is 0 Å². The third-order valence-electron chi connectivity index (χ3n) is 5.07. The van der Waals surface area contributed by atoms with Gasteiger partial charge in [-0.25, -0.2) is 4.98 Å². The van der Waals surface area contributed by atoms with Crippen molar-refractivity contribution in [2.24, 2.45) is 5.92 Å². The number of nitrogens with zero attached hydrogens (tertiary/aromatic N) is 3. The van der Waals surface area contributed by atoms with Crippen molar-refractivity contribution in [1.29, 1.82) is 0 Å². The van der Waals surface area contributed by atoms with Gasteiger partial charge in [0, 0.05) is 44.1 Å². The maximum atomic E-state index is 12.5. The molecule has 126 valence electrons. The molecule has 4 rings (SSSR count). The third-order valence-corrected chi connectivity index (χ3v) is 5.07. The number of hydrogen-bond acceptors (Lipinski definition) is 4. The van der Waals surface area contributed by atoms with E-state index in [0.29, 0.717) is 17.8 Å². The van der Waals surface area contributed by atoms with E-state index in [9.17, 15) is 4.79 Å². The van der Waals surface area contributed by atoms with Gasteiger partial charge in [0.15, 0.2) is 5.82 Å². The largest absolute Gasteiger partial charge is 0.361 e. The van der Waals surface area contributed by atoms with Gasteiger partial charge in [-0.05, 0) is 24.3 Å². The van der Waals surface area contributed by atoms with Crippen LogP contribution in [0.25, 0.3) is 0 Å². The minimum atomic E-state index is 0.0220. The Hall–Kier alpha value is -2.14. The van der Waals surface area contributed by atoms with Crippen molar-refractivity contribution in [3.8, 4) is 0 Å². The number of aromatic nitrogens is 2. The molecule has 1 aliphatic carbocycles. The molecule has 2 unspecified atom stereocenters. The van der Waals surface area contributed by atoms with Crippen LogP contribution in [0.2, 0.25) is 0 Å². The maximum absolute atomic E-state index is 12.5. The Balaban J connectivity index is 1.44. The topological polar surface area (TPSA) is 50.2 Å². The summed E-state index contributed by atoms with van der Waals surface area (Å²) in [5.74, 6) is 0.993. The molecule has 0 amide bonds. The van der Waals surface area contributed by atoms with Gasteiger partial charge in [0.2, 0.25) is 0 Å². The molecule has 1 aliphatic heterocycles. The van der Waals surface area contributed by atoms with Gasteiger partial charge in [0.05, 0.1) is 0 Å². The van der Waals surface area contributed by atoms with E-state index in [4.69, 9.17) is 0 Å². The highest BCUT2D eigenvalue weighted by atomic mass is 16.1. The molecule has 0 radical (unpaired) electrons. The van der Waals surface area contributed by atoms with Crippen molar-refractivity contribution in [2.45, 2.75) is 38.4 Å². The summed E-state index contributed by atoms with van der Waals surface area (Å²) in [6, 6.07) is 11.2. The van der Waals surface area contributed by atoms with Crippen LogP contribution in [0.4, 0.5) is 5.82 Å². The van der Waals surface area contributed by atoms with Crippen molar-refractivity contribution in [1.82, 2.24) is 14.5 Å². The lowest BCUT2D eigenvalue weighted by atomic mass is 10.1. The van der Waals surface area contributed by atoms with Gasteiger partial charge in [-0.15, -0.1) is 0 Å². The molecule has 24 heavy (non-hydrogen) atoms. The van der Waals surface area contributed by atoms with Crippen LogP contribution in [-0.2, 0) is 6.54 Å². The van der Waals surface area contributed by atoms with Gasteiger partial charge in [-0.3, -0.25) is 9.69 Å². The Bertz CT molecular complexity index is 753. The van der Waals surface area contributed by atoms with Crippen LogP contribution in [0, 0.1) is 5.92 Å². The summed E-state index contributed by atoms with van der Waals surface area (Å²) in [4.78, 5) is 19.3. The summed E-state index contributed by atoms with van der Waals surface area (Å²) in [5.41, 5.74) is 1.35. The molecule has 1 saturated carbocycles. The molecule has 5 nitrogen and oxygen atoms in total. The number of nitrogens with one attached hydrogen (secondary N) is 1. The molecule has 2 atom stereocenters. The zero-order valence-corrected chi connectivity index (χ0v) is 14.1. The normalized spacial score (nSPS) is 24.2. The quantitative estimate of drug-likeness (QED) is 0.918. The van der Waals surface area contributed by atoms with Crippen molar-refractivity contribution in [3.63, 3.8) is 0 Å². The zero-order chi connectivity index (χ0) is 16.5. The number of anilines is 1. The summed E-state index contributed by atoms with van der Waals surface area (Å²) in [7, 11) is 0. The minimum Gasteiger partial charge on any atom is -0.361 e. The van der Waals surface area contributed by atoms with Crippen LogP contribution in [0.15, 0.2) is 47.5 Å². The number of benzene rings is 1. The molecule has 2 aromatic rings. The first-order valence-corrected chi connectivity index (χ1v) is 8.80. The second-order valence-electron chi connectivity index (χ2n) is 7.13. The Morgan fingerprint density at radius 1 is 1.21 bits per heavy atom. The molecular formula is C19H24N4O. The highest BCUT2D eigenvalue weighted by Crippen LogP contribution is 2.33. The molecule has 0 bridgehead atoms. The molecule has 2 aliphatic rings. The first-order valence-electron chi connectivity index (χ1n) is 8.80. The molecular weight excluding hydrogens is 300 g/mol. The van der Waals surface area contributed by atoms with Crippen molar-refractivity contribution in [2.75, 3.05) is 18.4 Å². The fourth-order valence-corrected chi connectivity index (χ4v) is 3.57. The van der Waals surface area contributed by atoms with E-state index in [-0.39, 0.29) is 11.6 Å². The fourth-order valence-electron chi connectivity index (χ4n) is 3.57. The Labute approximate surface area is 142 Å². The average Bonchev–Trinajstić information content (AvgIpc) is 3.36. The summed E-state index contributed by atoms with van der Waals surface area (Å²) >= 11 is 0. The first kappa shape index (κ1) is 15.4. The van der Waals surface area contributed by atoms with Crippen LogP contribution in [0.1, 0.15) is 31.4 Å². The molecule has 2 heterocycles. The predicted molar refractivity (Wildman–Crippen MR) is 95.1 cm³/mol. The van der Waals surface area contributed by atoms with Crippen molar-refractivity contribution >= 4 is 5.82 Å². The molecule has 1 saturated heterocycles. The second kappa shape index (κ2) is 6.40. The van der Waals surface area contributed by atoms with Gasteiger partial charge < -0.3 is 9.88 Å². The van der Waals surface area contributed by atoms with E-state index in [1.54, 1.807) is 6.20 Å². The summed E-state index contributed by atoms with van der Waals surface area (Å²) < 4.78 is 1.83.